The molecule has 0 spiro atoms. The Morgan fingerprint density at radius 2 is 2.17 bits per heavy atom. The predicted molar refractivity (Wildman–Crippen MR) is 45.3 cm³/mol. The fraction of sp³-hybridized carbons (Fsp3) is 0.125. The Bertz CT molecular complexity index is 305. The molecule has 1 aromatic rings. The molecule has 2 nitrogen and oxygen atoms in total. The molecule has 0 aliphatic rings. The molecule has 1 aromatic carbocycles. The molecule has 0 unspecified atom stereocenters. The molecule has 0 fully saturated rings. The van der Waals surface area contributed by atoms with Crippen molar-refractivity contribution in [3.63, 3.8) is 0 Å². The van der Waals surface area contributed by atoms with E-state index in [4.69, 9.17) is 16.8 Å². The monoisotopic (exact) mass is 187 g/mol. The van der Waals surface area contributed by atoms with Crippen LogP contribution in [0.5, 0.6) is 0 Å². The second-order valence-electron chi connectivity index (χ2n) is 2.41. The molecule has 0 amide bonds. The summed E-state index contributed by atoms with van der Waals surface area (Å²) in [5.74, 6) is -0.396. The zero-order valence-corrected chi connectivity index (χ0v) is 7.14. The number of oxime groups is 1. The maximum Gasteiger partial charge on any atom is 0.175 e. The minimum Gasteiger partial charge on any atom is -0.410 e. The number of nitrogens with zero attached hydrogens (tertiary/aromatic N) is 1. The number of rotatable bonds is 1. The highest BCUT2D eigenvalue weighted by Gasteiger charge is 2.02. The molecule has 0 aliphatic heterocycles. The topological polar surface area (TPSA) is 32.6 Å². The average molecular weight is 188 g/mol. The van der Waals surface area contributed by atoms with Gasteiger partial charge in [0.15, 0.2) is 5.17 Å². The van der Waals surface area contributed by atoms with Crippen LogP contribution in [-0.4, -0.2) is 10.4 Å². The Hall–Kier alpha value is -1.09. The quantitative estimate of drug-likeness (QED) is 0.409. The summed E-state index contributed by atoms with van der Waals surface area (Å²) in [6, 6.07) is 4.20. The number of hydrogen-bond acceptors (Lipinski definition) is 2. The van der Waals surface area contributed by atoms with Gasteiger partial charge in [0.05, 0.1) is 0 Å². The fourth-order valence-corrected chi connectivity index (χ4v) is 1.02. The van der Waals surface area contributed by atoms with Gasteiger partial charge in [-0.2, -0.15) is 0 Å². The van der Waals surface area contributed by atoms with E-state index in [0.717, 1.165) is 5.56 Å². The first-order valence-corrected chi connectivity index (χ1v) is 3.66. The molecule has 0 atom stereocenters. The molecule has 0 bridgehead atoms. The molecule has 1 N–H and O–H groups in total. The Morgan fingerprint density at radius 1 is 1.50 bits per heavy atom. The van der Waals surface area contributed by atoms with Crippen LogP contribution in [0.15, 0.2) is 23.4 Å². The van der Waals surface area contributed by atoms with E-state index in [1.54, 1.807) is 13.0 Å². The van der Waals surface area contributed by atoms with E-state index in [-0.39, 0.29) is 5.17 Å². The summed E-state index contributed by atoms with van der Waals surface area (Å²) in [7, 11) is 0. The molecule has 0 saturated carbocycles. The molecule has 0 heterocycles. The lowest BCUT2D eigenvalue weighted by Crippen LogP contribution is -1.93. The Morgan fingerprint density at radius 3 is 2.67 bits per heavy atom. The van der Waals surface area contributed by atoms with Crippen molar-refractivity contribution in [1.82, 2.24) is 0 Å². The van der Waals surface area contributed by atoms with E-state index >= 15 is 0 Å². The molecule has 64 valence electrons. The van der Waals surface area contributed by atoms with E-state index in [1.165, 1.54) is 12.1 Å². The van der Waals surface area contributed by atoms with E-state index in [9.17, 15) is 4.39 Å². The van der Waals surface area contributed by atoms with Crippen LogP contribution >= 0.6 is 11.6 Å². The lowest BCUT2D eigenvalue weighted by atomic mass is 10.1. The summed E-state index contributed by atoms with van der Waals surface area (Å²) in [4.78, 5) is 0. The lowest BCUT2D eigenvalue weighted by molar-refractivity contribution is 0.321. The third-order valence-corrected chi connectivity index (χ3v) is 1.66. The summed E-state index contributed by atoms with van der Waals surface area (Å²) in [6.07, 6.45) is 0. The van der Waals surface area contributed by atoms with Crippen LogP contribution in [0.1, 0.15) is 11.1 Å². The van der Waals surface area contributed by atoms with Gasteiger partial charge in [0.25, 0.3) is 0 Å². The van der Waals surface area contributed by atoms with Gasteiger partial charge in [-0.25, -0.2) is 4.39 Å². The normalized spacial score (nSPS) is 11.8. The zero-order chi connectivity index (χ0) is 9.14. The maximum atomic E-state index is 12.7. The summed E-state index contributed by atoms with van der Waals surface area (Å²) < 4.78 is 12.7. The first-order chi connectivity index (χ1) is 5.63. The van der Waals surface area contributed by atoms with Gasteiger partial charge in [-0.1, -0.05) is 16.8 Å². The second kappa shape index (κ2) is 3.54. The maximum absolute atomic E-state index is 12.7. The van der Waals surface area contributed by atoms with Gasteiger partial charge in [-0.05, 0) is 30.7 Å². The number of hydrogen-bond donors (Lipinski definition) is 1. The molecule has 4 heteroatoms. The van der Waals surface area contributed by atoms with Crippen molar-refractivity contribution in [1.29, 1.82) is 0 Å². The highest BCUT2D eigenvalue weighted by Crippen LogP contribution is 2.10. The molecule has 0 radical (unpaired) electrons. The zero-order valence-electron chi connectivity index (χ0n) is 6.38. The summed E-state index contributed by atoms with van der Waals surface area (Å²) >= 11 is 5.47. The van der Waals surface area contributed by atoms with Gasteiger partial charge in [-0.15, -0.1) is 0 Å². The molecule has 12 heavy (non-hydrogen) atoms. The van der Waals surface area contributed by atoms with Crippen molar-refractivity contribution in [3.8, 4) is 0 Å². The minimum absolute atomic E-state index is 0.113. The van der Waals surface area contributed by atoms with Crippen LogP contribution in [0.25, 0.3) is 0 Å². The van der Waals surface area contributed by atoms with Crippen LogP contribution in [0.4, 0.5) is 4.39 Å². The Balaban J connectivity index is 3.17. The van der Waals surface area contributed by atoms with E-state index in [0.29, 0.717) is 5.56 Å². The number of benzene rings is 1. The Labute approximate surface area is 74.3 Å². The minimum atomic E-state index is -0.396. The number of aryl methyl sites for hydroxylation is 1. The van der Waals surface area contributed by atoms with Gasteiger partial charge in [0.2, 0.25) is 0 Å². The SMILES string of the molecule is Cc1cc(F)cc(/C(Cl)=N/O)c1. The second-order valence-corrected chi connectivity index (χ2v) is 2.77. The van der Waals surface area contributed by atoms with Crippen molar-refractivity contribution in [2.75, 3.05) is 0 Å². The molecule has 1 rings (SSSR count). The smallest absolute Gasteiger partial charge is 0.175 e. The van der Waals surface area contributed by atoms with Crippen LogP contribution in [0, 0.1) is 12.7 Å². The Kier molecular flexibility index (Phi) is 2.65. The van der Waals surface area contributed by atoms with Gasteiger partial charge in [0.1, 0.15) is 5.82 Å². The van der Waals surface area contributed by atoms with Crippen LogP contribution in [0.3, 0.4) is 0 Å². The van der Waals surface area contributed by atoms with Crippen molar-refractivity contribution in [2.45, 2.75) is 6.92 Å². The van der Waals surface area contributed by atoms with Gasteiger partial charge < -0.3 is 5.21 Å². The average Bonchev–Trinajstić information content (AvgIpc) is 2.01. The van der Waals surface area contributed by atoms with Crippen molar-refractivity contribution < 1.29 is 9.60 Å². The highest BCUT2D eigenvalue weighted by molar-refractivity contribution is 6.69. The van der Waals surface area contributed by atoms with Gasteiger partial charge in [-0.3, -0.25) is 0 Å². The third kappa shape index (κ3) is 1.95. The van der Waals surface area contributed by atoms with Crippen molar-refractivity contribution in [3.05, 3.63) is 35.1 Å². The standard InChI is InChI=1S/C8H7ClFNO/c1-5-2-6(8(9)11-12)4-7(10)3-5/h2-4,12H,1H3/b11-8-. The molecule has 0 aromatic heterocycles. The summed E-state index contributed by atoms with van der Waals surface area (Å²) in [5.41, 5.74) is 1.10. The van der Waals surface area contributed by atoms with Crippen molar-refractivity contribution in [2.24, 2.45) is 5.16 Å². The van der Waals surface area contributed by atoms with Crippen LogP contribution in [-0.2, 0) is 0 Å². The lowest BCUT2D eigenvalue weighted by Gasteiger charge is -1.98. The van der Waals surface area contributed by atoms with Crippen molar-refractivity contribution >= 4 is 16.8 Å². The number of halogens is 2. The fourth-order valence-electron chi connectivity index (χ4n) is 0.913. The van der Waals surface area contributed by atoms with Gasteiger partial charge >= 0.3 is 0 Å². The molecule has 0 aliphatic carbocycles. The highest BCUT2D eigenvalue weighted by atomic mass is 35.5. The van der Waals surface area contributed by atoms with Gasteiger partial charge in [0, 0.05) is 5.56 Å². The largest absolute Gasteiger partial charge is 0.410 e. The first kappa shape index (κ1) is 9.00. The van der Waals surface area contributed by atoms with Crippen LogP contribution < -0.4 is 0 Å². The van der Waals surface area contributed by atoms with E-state index in [1.807, 2.05) is 0 Å². The summed E-state index contributed by atoms with van der Waals surface area (Å²) in [5, 5.41) is 10.9. The van der Waals surface area contributed by atoms with E-state index < -0.39 is 5.82 Å². The third-order valence-electron chi connectivity index (χ3n) is 1.37. The predicted octanol–water partition coefficient (Wildman–Crippen LogP) is 2.51. The molecular formula is C8H7ClFNO. The first-order valence-electron chi connectivity index (χ1n) is 3.28. The molecule has 0 saturated heterocycles. The van der Waals surface area contributed by atoms with E-state index in [2.05, 4.69) is 5.16 Å². The summed E-state index contributed by atoms with van der Waals surface area (Å²) in [6.45, 7) is 1.73. The van der Waals surface area contributed by atoms with Crippen LogP contribution in [0.2, 0.25) is 0 Å². The molecular weight excluding hydrogens is 181 g/mol.